The zero-order valence-corrected chi connectivity index (χ0v) is 10.1. The highest BCUT2D eigenvalue weighted by Crippen LogP contribution is 2.31. The van der Waals surface area contributed by atoms with Crippen molar-refractivity contribution in [3.05, 3.63) is 24.0 Å². The molecule has 0 radical (unpaired) electrons. The summed E-state index contributed by atoms with van der Waals surface area (Å²) in [6.45, 7) is 0. The number of hydrogen-bond donors (Lipinski definition) is 2. The van der Waals surface area contributed by atoms with Crippen molar-refractivity contribution in [3.8, 4) is 0 Å². The number of aliphatic carboxylic acids is 1. The summed E-state index contributed by atoms with van der Waals surface area (Å²) < 4.78 is 1.63. The Morgan fingerprint density at radius 1 is 1.56 bits per heavy atom. The van der Waals surface area contributed by atoms with Crippen molar-refractivity contribution in [1.82, 2.24) is 15.1 Å². The van der Waals surface area contributed by atoms with E-state index in [4.69, 9.17) is 5.11 Å². The lowest BCUT2D eigenvalue weighted by Gasteiger charge is -2.37. The van der Waals surface area contributed by atoms with Gasteiger partial charge in [-0.1, -0.05) is 0 Å². The minimum Gasteiger partial charge on any atom is -0.480 e. The van der Waals surface area contributed by atoms with Gasteiger partial charge in [0.05, 0.1) is 5.69 Å². The Hall–Kier alpha value is -2.11. The molecule has 18 heavy (non-hydrogen) atoms. The van der Waals surface area contributed by atoms with Gasteiger partial charge in [-0.2, -0.15) is 5.10 Å². The molecule has 96 valence electrons. The number of hydrogen-bond acceptors (Lipinski definition) is 3. The van der Waals surface area contributed by atoms with E-state index >= 15 is 0 Å². The second kappa shape index (κ2) is 4.64. The SMILES string of the molecule is Cn1nccc1/C=C/C(=O)NC1(C(=O)O)CCC1. The number of carbonyl (C=O) groups is 2. The van der Waals surface area contributed by atoms with E-state index in [0.29, 0.717) is 12.8 Å². The smallest absolute Gasteiger partial charge is 0.329 e. The van der Waals surface area contributed by atoms with Gasteiger partial charge in [0.1, 0.15) is 5.54 Å². The highest BCUT2D eigenvalue weighted by Gasteiger charge is 2.45. The summed E-state index contributed by atoms with van der Waals surface area (Å²) in [6.07, 6.45) is 6.39. The highest BCUT2D eigenvalue weighted by molar-refractivity contribution is 5.96. The quantitative estimate of drug-likeness (QED) is 0.763. The number of nitrogens with one attached hydrogen (secondary N) is 1. The fraction of sp³-hybridized carbons (Fsp3) is 0.417. The predicted octanol–water partition coefficient (Wildman–Crippen LogP) is 0.557. The molecular formula is C12H15N3O3. The molecule has 1 fully saturated rings. The van der Waals surface area contributed by atoms with Crippen LogP contribution in [0.3, 0.4) is 0 Å². The van der Waals surface area contributed by atoms with Crippen LogP contribution in [0.15, 0.2) is 18.3 Å². The van der Waals surface area contributed by atoms with Crippen LogP contribution in [0, 0.1) is 0 Å². The summed E-state index contributed by atoms with van der Waals surface area (Å²) in [5.41, 5.74) is -0.281. The molecule has 6 heteroatoms. The lowest BCUT2D eigenvalue weighted by molar-refractivity contribution is -0.151. The van der Waals surface area contributed by atoms with Crippen LogP contribution in [0.4, 0.5) is 0 Å². The third-order valence-corrected chi connectivity index (χ3v) is 3.24. The Labute approximate surface area is 104 Å². The fourth-order valence-corrected chi connectivity index (χ4v) is 1.91. The summed E-state index contributed by atoms with van der Waals surface area (Å²) in [5, 5.41) is 15.6. The largest absolute Gasteiger partial charge is 0.480 e. The molecule has 1 saturated carbocycles. The van der Waals surface area contributed by atoms with Crippen LogP contribution in [-0.4, -0.2) is 32.3 Å². The maximum absolute atomic E-state index is 11.7. The first-order valence-corrected chi connectivity index (χ1v) is 5.75. The van der Waals surface area contributed by atoms with Gasteiger partial charge in [-0.3, -0.25) is 9.48 Å². The fourth-order valence-electron chi connectivity index (χ4n) is 1.91. The average molecular weight is 249 g/mol. The Morgan fingerprint density at radius 3 is 2.72 bits per heavy atom. The topological polar surface area (TPSA) is 84.2 Å². The number of carboxylic acid groups (broad SMARTS) is 1. The van der Waals surface area contributed by atoms with Gasteiger partial charge in [0.15, 0.2) is 0 Å². The standard InChI is InChI=1S/C12H15N3O3/c1-15-9(5-8-13-15)3-4-10(16)14-12(11(17)18)6-2-7-12/h3-5,8H,2,6-7H2,1H3,(H,14,16)(H,17,18)/b4-3+. The van der Waals surface area contributed by atoms with E-state index < -0.39 is 17.4 Å². The Bertz CT molecular complexity index is 500. The third-order valence-electron chi connectivity index (χ3n) is 3.24. The van der Waals surface area contributed by atoms with E-state index in [9.17, 15) is 9.59 Å². The molecular weight excluding hydrogens is 234 g/mol. The molecule has 0 unspecified atom stereocenters. The van der Waals surface area contributed by atoms with E-state index in [2.05, 4.69) is 10.4 Å². The van der Waals surface area contributed by atoms with Crippen LogP contribution >= 0.6 is 0 Å². The van der Waals surface area contributed by atoms with Crippen molar-refractivity contribution < 1.29 is 14.7 Å². The summed E-state index contributed by atoms with van der Waals surface area (Å²) in [4.78, 5) is 22.7. The molecule has 1 aliphatic rings. The van der Waals surface area contributed by atoms with Gasteiger partial charge in [0, 0.05) is 19.3 Å². The van der Waals surface area contributed by atoms with Gasteiger partial charge >= 0.3 is 5.97 Å². The van der Waals surface area contributed by atoms with E-state index in [1.807, 2.05) is 0 Å². The summed E-state index contributed by atoms with van der Waals surface area (Å²) in [7, 11) is 1.77. The molecule has 1 aliphatic carbocycles. The van der Waals surface area contributed by atoms with Gasteiger partial charge in [0.25, 0.3) is 0 Å². The van der Waals surface area contributed by atoms with E-state index in [0.717, 1.165) is 12.1 Å². The molecule has 0 aromatic carbocycles. The normalized spacial score (nSPS) is 17.4. The maximum Gasteiger partial charge on any atom is 0.329 e. The Balaban J connectivity index is 1.99. The molecule has 0 atom stereocenters. The van der Waals surface area contributed by atoms with E-state index in [-0.39, 0.29) is 0 Å². The predicted molar refractivity (Wildman–Crippen MR) is 64.6 cm³/mol. The van der Waals surface area contributed by atoms with Crippen LogP contribution < -0.4 is 5.32 Å². The Morgan fingerprint density at radius 2 is 2.28 bits per heavy atom. The number of amides is 1. The number of aromatic nitrogens is 2. The maximum atomic E-state index is 11.7. The molecule has 1 aromatic rings. The molecule has 1 aromatic heterocycles. The lowest BCUT2D eigenvalue weighted by atomic mass is 9.77. The monoisotopic (exact) mass is 249 g/mol. The first-order chi connectivity index (χ1) is 8.53. The second-order valence-electron chi connectivity index (χ2n) is 4.44. The molecule has 6 nitrogen and oxygen atoms in total. The van der Waals surface area contributed by atoms with Crippen LogP contribution in [0.25, 0.3) is 6.08 Å². The van der Waals surface area contributed by atoms with Crippen LogP contribution in [0.5, 0.6) is 0 Å². The first kappa shape index (κ1) is 12.3. The van der Waals surface area contributed by atoms with Crippen LogP contribution in [0.1, 0.15) is 25.0 Å². The van der Waals surface area contributed by atoms with Crippen molar-refractivity contribution in [2.75, 3.05) is 0 Å². The zero-order valence-electron chi connectivity index (χ0n) is 10.1. The van der Waals surface area contributed by atoms with E-state index in [1.54, 1.807) is 30.1 Å². The number of carbonyl (C=O) groups excluding carboxylic acids is 1. The number of carboxylic acids is 1. The van der Waals surface area contributed by atoms with Crippen molar-refractivity contribution in [3.63, 3.8) is 0 Å². The Kier molecular flexibility index (Phi) is 3.18. The molecule has 0 bridgehead atoms. The van der Waals surface area contributed by atoms with Gasteiger partial charge < -0.3 is 10.4 Å². The molecule has 2 rings (SSSR count). The number of rotatable bonds is 4. The lowest BCUT2D eigenvalue weighted by Crippen LogP contribution is -2.58. The molecule has 1 amide bonds. The van der Waals surface area contributed by atoms with Crippen molar-refractivity contribution >= 4 is 18.0 Å². The van der Waals surface area contributed by atoms with Gasteiger partial charge in [-0.05, 0) is 31.4 Å². The van der Waals surface area contributed by atoms with Crippen molar-refractivity contribution in [2.24, 2.45) is 7.05 Å². The third kappa shape index (κ3) is 2.27. The average Bonchev–Trinajstić information content (AvgIpc) is 2.66. The summed E-state index contributed by atoms with van der Waals surface area (Å²) >= 11 is 0. The van der Waals surface area contributed by atoms with Gasteiger partial charge in [-0.25, -0.2) is 4.79 Å². The number of nitrogens with zero attached hydrogens (tertiary/aromatic N) is 2. The minimum atomic E-state index is -1.06. The second-order valence-corrected chi connectivity index (χ2v) is 4.44. The van der Waals surface area contributed by atoms with E-state index in [1.165, 1.54) is 6.08 Å². The minimum absolute atomic E-state index is 0.390. The number of aryl methyl sites for hydroxylation is 1. The van der Waals surface area contributed by atoms with Gasteiger partial charge in [0.2, 0.25) is 5.91 Å². The molecule has 1 heterocycles. The highest BCUT2D eigenvalue weighted by atomic mass is 16.4. The first-order valence-electron chi connectivity index (χ1n) is 5.75. The molecule has 0 spiro atoms. The summed E-state index contributed by atoms with van der Waals surface area (Å²) in [6, 6.07) is 1.76. The summed E-state index contributed by atoms with van der Waals surface area (Å²) in [5.74, 6) is -1.35. The van der Waals surface area contributed by atoms with Crippen molar-refractivity contribution in [1.29, 1.82) is 0 Å². The van der Waals surface area contributed by atoms with Crippen LogP contribution in [-0.2, 0) is 16.6 Å². The van der Waals surface area contributed by atoms with Crippen LogP contribution in [0.2, 0.25) is 0 Å². The van der Waals surface area contributed by atoms with Crippen molar-refractivity contribution in [2.45, 2.75) is 24.8 Å². The zero-order chi connectivity index (χ0) is 13.2. The van der Waals surface area contributed by atoms with Gasteiger partial charge in [-0.15, -0.1) is 0 Å². The molecule has 2 N–H and O–H groups in total. The molecule has 0 aliphatic heterocycles. The molecule has 0 saturated heterocycles.